The first kappa shape index (κ1) is 12.4. The van der Waals surface area contributed by atoms with E-state index in [1.165, 1.54) is 6.07 Å². The normalized spacial score (nSPS) is 13.2. The van der Waals surface area contributed by atoms with E-state index >= 15 is 0 Å². The van der Waals surface area contributed by atoms with Crippen molar-refractivity contribution >= 4 is 11.6 Å². The third-order valence-electron chi connectivity index (χ3n) is 2.26. The quantitative estimate of drug-likeness (QED) is 0.617. The molecule has 0 aliphatic rings. The van der Waals surface area contributed by atoms with Gasteiger partial charge in [0.15, 0.2) is 0 Å². The molecule has 4 heteroatoms. The summed E-state index contributed by atoms with van der Waals surface area (Å²) in [5, 5.41) is 0.415. The monoisotopic (exact) mass is 230 g/mol. The van der Waals surface area contributed by atoms with Gasteiger partial charge in [0.25, 0.3) is 0 Å². The van der Waals surface area contributed by atoms with Gasteiger partial charge in [0.1, 0.15) is 5.82 Å². The SMILES string of the molecule is CC(C)CC(NN)c1c(F)cccc1Cl. The van der Waals surface area contributed by atoms with Crippen LogP contribution in [0.1, 0.15) is 31.9 Å². The zero-order valence-corrected chi connectivity index (χ0v) is 9.68. The molecule has 1 aromatic carbocycles. The van der Waals surface area contributed by atoms with E-state index in [0.717, 1.165) is 6.42 Å². The van der Waals surface area contributed by atoms with E-state index in [9.17, 15) is 4.39 Å². The molecule has 3 N–H and O–H groups in total. The van der Waals surface area contributed by atoms with E-state index in [1.54, 1.807) is 12.1 Å². The molecule has 1 unspecified atom stereocenters. The molecule has 0 bridgehead atoms. The predicted octanol–water partition coefficient (Wildman–Crippen LogP) is 3.03. The summed E-state index contributed by atoms with van der Waals surface area (Å²) in [5.74, 6) is 5.52. The topological polar surface area (TPSA) is 38.0 Å². The second-order valence-corrected chi connectivity index (χ2v) is 4.39. The van der Waals surface area contributed by atoms with Crippen molar-refractivity contribution in [3.8, 4) is 0 Å². The van der Waals surface area contributed by atoms with Crippen LogP contribution in [0, 0.1) is 11.7 Å². The zero-order chi connectivity index (χ0) is 11.4. The summed E-state index contributed by atoms with van der Waals surface area (Å²) in [5.41, 5.74) is 3.06. The molecule has 0 heterocycles. The lowest BCUT2D eigenvalue weighted by Gasteiger charge is -2.20. The predicted molar refractivity (Wildman–Crippen MR) is 60.9 cm³/mol. The van der Waals surface area contributed by atoms with Gasteiger partial charge >= 0.3 is 0 Å². The van der Waals surface area contributed by atoms with Crippen molar-refractivity contribution in [2.24, 2.45) is 11.8 Å². The molecule has 0 saturated heterocycles. The van der Waals surface area contributed by atoms with Crippen LogP contribution in [0.25, 0.3) is 0 Å². The van der Waals surface area contributed by atoms with Gasteiger partial charge in [0.05, 0.1) is 6.04 Å². The molecule has 15 heavy (non-hydrogen) atoms. The van der Waals surface area contributed by atoms with Crippen molar-refractivity contribution < 1.29 is 4.39 Å². The van der Waals surface area contributed by atoms with Crippen LogP contribution in [0.4, 0.5) is 4.39 Å². The van der Waals surface area contributed by atoms with Crippen LogP contribution in [0.2, 0.25) is 5.02 Å². The molecule has 1 atom stereocenters. The Balaban J connectivity index is 3.00. The van der Waals surface area contributed by atoms with Gasteiger partial charge < -0.3 is 0 Å². The van der Waals surface area contributed by atoms with Gasteiger partial charge in [-0.25, -0.2) is 4.39 Å². The first-order valence-electron chi connectivity index (χ1n) is 4.96. The average Bonchev–Trinajstić information content (AvgIpc) is 2.15. The highest BCUT2D eigenvalue weighted by molar-refractivity contribution is 6.31. The molecule has 0 radical (unpaired) electrons. The molecular formula is C11H16ClFN2. The third kappa shape index (κ3) is 3.16. The number of benzene rings is 1. The molecule has 0 aromatic heterocycles. The summed E-state index contributed by atoms with van der Waals surface area (Å²) in [4.78, 5) is 0. The first-order valence-corrected chi connectivity index (χ1v) is 5.34. The van der Waals surface area contributed by atoms with Crippen LogP contribution in [0.5, 0.6) is 0 Å². The molecule has 0 aliphatic carbocycles. The largest absolute Gasteiger partial charge is 0.271 e. The minimum atomic E-state index is -0.314. The van der Waals surface area contributed by atoms with Crippen molar-refractivity contribution in [2.45, 2.75) is 26.3 Å². The lowest BCUT2D eigenvalue weighted by Crippen LogP contribution is -2.30. The molecule has 1 rings (SSSR count). The number of halogens is 2. The van der Waals surface area contributed by atoms with Crippen molar-refractivity contribution in [2.75, 3.05) is 0 Å². The number of rotatable bonds is 4. The van der Waals surface area contributed by atoms with Gasteiger partial charge in [-0.15, -0.1) is 0 Å². The molecule has 0 aliphatic heterocycles. The smallest absolute Gasteiger partial charge is 0.129 e. The van der Waals surface area contributed by atoms with E-state index in [-0.39, 0.29) is 11.9 Å². The molecule has 0 spiro atoms. The van der Waals surface area contributed by atoms with E-state index in [1.807, 2.05) is 0 Å². The number of hydrogen-bond acceptors (Lipinski definition) is 2. The maximum atomic E-state index is 13.6. The van der Waals surface area contributed by atoms with Crippen LogP contribution in [0.3, 0.4) is 0 Å². The maximum absolute atomic E-state index is 13.6. The molecular weight excluding hydrogens is 215 g/mol. The Kier molecular flexibility index (Phi) is 4.51. The van der Waals surface area contributed by atoms with Crippen molar-refractivity contribution in [1.29, 1.82) is 0 Å². The summed E-state index contributed by atoms with van der Waals surface area (Å²) in [6, 6.07) is 4.42. The number of hydrazine groups is 1. The van der Waals surface area contributed by atoms with Crippen LogP contribution in [-0.4, -0.2) is 0 Å². The summed E-state index contributed by atoms with van der Waals surface area (Å²) in [6.07, 6.45) is 0.747. The van der Waals surface area contributed by atoms with Crippen LogP contribution in [0.15, 0.2) is 18.2 Å². The van der Waals surface area contributed by atoms with Crippen molar-refractivity contribution in [3.05, 3.63) is 34.6 Å². The maximum Gasteiger partial charge on any atom is 0.129 e. The third-order valence-corrected chi connectivity index (χ3v) is 2.59. The fourth-order valence-electron chi connectivity index (χ4n) is 1.58. The van der Waals surface area contributed by atoms with Gasteiger partial charge in [-0.2, -0.15) is 0 Å². The van der Waals surface area contributed by atoms with Gasteiger partial charge in [-0.1, -0.05) is 31.5 Å². The molecule has 84 valence electrons. The van der Waals surface area contributed by atoms with E-state index in [2.05, 4.69) is 19.3 Å². The second-order valence-electron chi connectivity index (χ2n) is 3.98. The molecule has 0 amide bonds. The van der Waals surface area contributed by atoms with E-state index in [4.69, 9.17) is 17.4 Å². The lowest BCUT2D eigenvalue weighted by atomic mass is 9.97. The summed E-state index contributed by atoms with van der Waals surface area (Å²) in [6.45, 7) is 4.11. The molecule has 0 fully saturated rings. The number of nitrogens with one attached hydrogen (secondary N) is 1. The average molecular weight is 231 g/mol. The Hall–Kier alpha value is -0.640. The van der Waals surface area contributed by atoms with Gasteiger partial charge in [-0.3, -0.25) is 11.3 Å². The second kappa shape index (κ2) is 5.45. The van der Waals surface area contributed by atoms with E-state index < -0.39 is 0 Å². The fraction of sp³-hybridized carbons (Fsp3) is 0.455. The fourth-order valence-corrected chi connectivity index (χ4v) is 1.88. The Labute approximate surface area is 94.6 Å². The highest BCUT2D eigenvalue weighted by Gasteiger charge is 2.18. The molecule has 2 nitrogen and oxygen atoms in total. The van der Waals surface area contributed by atoms with E-state index in [0.29, 0.717) is 16.5 Å². The number of hydrogen-bond donors (Lipinski definition) is 2. The number of nitrogens with two attached hydrogens (primary N) is 1. The van der Waals surface area contributed by atoms with Gasteiger partial charge in [0, 0.05) is 10.6 Å². The lowest BCUT2D eigenvalue weighted by molar-refractivity contribution is 0.423. The summed E-state index contributed by atoms with van der Waals surface area (Å²) < 4.78 is 13.6. The zero-order valence-electron chi connectivity index (χ0n) is 8.93. The Morgan fingerprint density at radius 3 is 2.60 bits per heavy atom. The Morgan fingerprint density at radius 1 is 1.47 bits per heavy atom. The molecule has 0 saturated carbocycles. The van der Waals surface area contributed by atoms with Gasteiger partial charge in [0.2, 0.25) is 0 Å². The van der Waals surface area contributed by atoms with Crippen LogP contribution < -0.4 is 11.3 Å². The summed E-state index contributed by atoms with van der Waals surface area (Å²) in [7, 11) is 0. The highest BCUT2D eigenvalue weighted by atomic mass is 35.5. The van der Waals surface area contributed by atoms with Crippen molar-refractivity contribution in [3.63, 3.8) is 0 Å². The summed E-state index contributed by atoms with van der Waals surface area (Å²) >= 11 is 5.95. The first-order chi connectivity index (χ1) is 7.06. The van der Waals surface area contributed by atoms with Gasteiger partial charge in [-0.05, 0) is 24.5 Å². The Bertz CT molecular complexity index is 308. The minimum Gasteiger partial charge on any atom is -0.271 e. The Morgan fingerprint density at radius 2 is 2.13 bits per heavy atom. The standard InChI is InChI=1S/C11H16ClFN2/c1-7(2)6-10(15-14)11-8(12)4-3-5-9(11)13/h3-5,7,10,15H,6,14H2,1-2H3. The van der Waals surface area contributed by atoms with Crippen LogP contribution in [-0.2, 0) is 0 Å². The molecule has 1 aromatic rings. The minimum absolute atomic E-state index is 0.237. The highest BCUT2D eigenvalue weighted by Crippen LogP contribution is 2.29. The van der Waals surface area contributed by atoms with Crippen molar-refractivity contribution in [1.82, 2.24) is 5.43 Å². The van der Waals surface area contributed by atoms with Crippen LogP contribution >= 0.6 is 11.6 Å².